The minimum Gasteiger partial charge on any atom is -0.355 e. The van der Waals surface area contributed by atoms with Crippen LogP contribution in [0.15, 0.2) is 6.20 Å². The fraction of sp³-hybridized carbons (Fsp3) is 0.750. The van der Waals surface area contributed by atoms with Gasteiger partial charge in [-0.1, -0.05) is 13.8 Å². The van der Waals surface area contributed by atoms with Gasteiger partial charge in [0.2, 0.25) is 5.91 Å². The van der Waals surface area contributed by atoms with Crippen LogP contribution in [0.3, 0.4) is 0 Å². The molecule has 134 valence electrons. The topological polar surface area (TPSA) is 72.9 Å². The van der Waals surface area contributed by atoms with Crippen molar-refractivity contribution < 1.29 is 4.79 Å². The van der Waals surface area contributed by atoms with Crippen LogP contribution in [-0.2, 0) is 24.2 Å². The second kappa shape index (κ2) is 10.2. The fourth-order valence-electron chi connectivity index (χ4n) is 3.04. The molecule has 0 atom stereocenters. The number of amides is 1. The third-order valence-corrected chi connectivity index (χ3v) is 4.85. The van der Waals surface area contributed by atoms with Crippen LogP contribution in [0.4, 0.5) is 0 Å². The monoisotopic (exact) mass is 364 g/mol. The lowest BCUT2D eigenvalue weighted by atomic mass is 9.81. The third-order valence-electron chi connectivity index (χ3n) is 4.85. The van der Waals surface area contributed by atoms with Crippen molar-refractivity contribution in [1.29, 1.82) is 0 Å². The highest BCUT2D eigenvalue weighted by Crippen LogP contribution is 2.24. The number of rotatable bonds is 7. The van der Waals surface area contributed by atoms with Gasteiger partial charge < -0.3 is 15.6 Å². The number of nitrogens with one attached hydrogen (secondary N) is 1. The van der Waals surface area contributed by atoms with E-state index >= 15 is 0 Å². The molecule has 0 aromatic carbocycles. The number of aryl methyl sites for hydroxylation is 2. The van der Waals surface area contributed by atoms with E-state index < -0.39 is 5.41 Å². The molecule has 1 aromatic rings. The molecule has 5 nitrogen and oxygen atoms in total. The average molecular weight is 365 g/mol. The van der Waals surface area contributed by atoms with Crippen molar-refractivity contribution in [1.82, 2.24) is 14.9 Å². The highest BCUT2D eigenvalue weighted by molar-refractivity contribution is 5.85. The molecular formula is C16H30Cl2N4O. The maximum absolute atomic E-state index is 12.3. The van der Waals surface area contributed by atoms with Crippen molar-refractivity contribution in [3.63, 3.8) is 0 Å². The molecule has 1 aliphatic rings. The molecule has 0 spiro atoms. The molecule has 0 radical (unpaired) electrons. The first-order valence-electron chi connectivity index (χ1n) is 8.18. The lowest BCUT2D eigenvalue weighted by Gasteiger charge is -2.28. The number of imidazole rings is 1. The second-order valence-electron chi connectivity index (χ2n) is 6.00. The van der Waals surface area contributed by atoms with Gasteiger partial charge in [0.1, 0.15) is 5.82 Å². The molecule has 1 aromatic heterocycles. The van der Waals surface area contributed by atoms with Crippen molar-refractivity contribution in [2.75, 3.05) is 13.1 Å². The molecule has 2 rings (SSSR count). The highest BCUT2D eigenvalue weighted by Gasteiger charge is 2.32. The van der Waals surface area contributed by atoms with Crippen LogP contribution in [0.25, 0.3) is 0 Å². The van der Waals surface area contributed by atoms with E-state index in [2.05, 4.69) is 21.1 Å². The zero-order chi connectivity index (χ0) is 15.3. The third kappa shape index (κ3) is 5.10. The number of carbonyl (C=O) groups excluding carboxylic acids is 1. The van der Waals surface area contributed by atoms with Crippen LogP contribution in [0.1, 0.15) is 51.0 Å². The first-order chi connectivity index (χ1) is 10.1. The Balaban J connectivity index is 0.00000242. The summed E-state index contributed by atoms with van der Waals surface area (Å²) in [6.07, 6.45) is 8.05. The highest BCUT2D eigenvalue weighted by atomic mass is 35.5. The molecule has 3 N–H and O–H groups in total. The first-order valence-corrected chi connectivity index (χ1v) is 8.18. The number of fused-ring (bicyclic) bond motifs is 1. The van der Waals surface area contributed by atoms with Gasteiger partial charge in [-0.2, -0.15) is 0 Å². The molecule has 0 saturated heterocycles. The predicted molar refractivity (Wildman–Crippen MR) is 98.4 cm³/mol. The van der Waals surface area contributed by atoms with E-state index in [1.54, 1.807) is 0 Å². The van der Waals surface area contributed by atoms with Crippen LogP contribution in [0, 0.1) is 5.41 Å². The van der Waals surface area contributed by atoms with Gasteiger partial charge in [0.05, 0.1) is 11.1 Å². The summed E-state index contributed by atoms with van der Waals surface area (Å²) < 4.78 is 2.25. The Labute approximate surface area is 151 Å². The standard InChI is InChI=1S/C16H28N4O.2ClH/c1-3-16(4-2,12-17)15(21)18-9-8-13-11-20-10-6-5-7-14(20)19-13;;/h11H,3-10,12,17H2,1-2H3,(H,18,21);2*1H. The van der Waals surface area contributed by atoms with E-state index in [1.165, 1.54) is 18.7 Å². The van der Waals surface area contributed by atoms with Gasteiger partial charge in [0.15, 0.2) is 0 Å². The van der Waals surface area contributed by atoms with Crippen LogP contribution >= 0.6 is 24.8 Å². The lowest BCUT2D eigenvalue weighted by Crippen LogP contribution is -2.45. The van der Waals surface area contributed by atoms with E-state index in [0.717, 1.165) is 37.9 Å². The summed E-state index contributed by atoms with van der Waals surface area (Å²) in [5.74, 6) is 1.28. The number of carbonyl (C=O) groups is 1. The minimum atomic E-state index is -0.409. The Morgan fingerprint density at radius 2 is 2.04 bits per heavy atom. The molecule has 2 heterocycles. The molecule has 0 bridgehead atoms. The Bertz CT molecular complexity index is 455. The molecule has 1 amide bonds. The first kappa shape index (κ1) is 22.2. The van der Waals surface area contributed by atoms with Crippen molar-refractivity contribution >= 4 is 30.7 Å². The summed E-state index contributed by atoms with van der Waals surface area (Å²) in [5, 5.41) is 3.04. The van der Waals surface area contributed by atoms with Crippen LogP contribution in [0.5, 0.6) is 0 Å². The number of aromatic nitrogens is 2. The Hall–Kier alpha value is -0.780. The predicted octanol–water partition coefficient (Wildman–Crippen LogP) is 2.49. The van der Waals surface area contributed by atoms with Gasteiger partial charge in [-0.25, -0.2) is 4.98 Å². The summed E-state index contributed by atoms with van der Waals surface area (Å²) in [6.45, 7) is 6.18. The normalized spacial score (nSPS) is 13.5. The zero-order valence-corrected chi connectivity index (χ0v) is 15.8. The van der Waals surface area contributed by atoms with Gasteiger partial charge in [-0.15, -0.1) is 24.8 Å². The van der Waals surface area contributed by atoms with Crippen molar-refractivity contribution in [2.45, 2.75) is 58.9 Å². The zero-order valence-electron chi connectivity index (χ0n) is 14.1. The van der Waals surface area contributed by atoms with Gasteiger partial charge >= 0.3 is 0 Å². The average Bonchev–Trinajstić information content (AvgIpc) is 2.92. The maximum Gasteiger partial charge on any atom is 0.227 e. The molecule has 7 heteroatoms. The molecule has 0 unspecified atom stereocenters. The van der Waals surface area contributed by atoms with E-state index in [1.807, 2.05) is 13.8 Å². The fourth-order valence-corrected chi connectivity index (χ4v) is 3.04. The molecular weight excluding hydrogens is 335 g/mol. The van der Waals surface area contributed by atoms with Crippen molar-refractivity contribution in [3.8, 4) is 0 Å². The Morgan fingerprint density at radius 3 is 2.61 bits per heavy atom. The molecule has 1 aliphatic heterocycles. The summed E-state index contributed by atoms with van der Waals surface area (Å²) >= 11 is 0. The van der Waals surface area contributed by atoms with E-state index in [0.29, 0.717) is 13.1 Å². The summed E-state index contributed by atoms with van der Waals surface area (Å²) in [7, 11) is 0. The number of nitrogens with zero attached hydrogens (tertiary/aromatic N) is 2. The Morgan fingerprint density at radius 1 is 1.35 bits per heavy atom. The number of hydrogen-bond acceptors (Lipinski definition) is 3. The SMILES string of the molecule is CCC(CC)(CN)C(=O)NCCc1cn2c(n1)CCCC2.Cl.Cl. The summed E-state index contributed by atoms with van der Waals surface area (Å²) in [5.41, 5.74) is 6.47. The summed E-state index contributed by atoms with van der Waals surface area (Å²) in [6, 6.07) is 0. The number of halogens is 2. The van der Waals surface area contributed by atoms with Crippen molar-refractivity contribution in [3.05, 3.63) is 17.7 Å². The van der Waals surface area contributed by atoms with E-state index in [4.69, 9.17) is 5.73 Å². The lowest BCUT2D eigenvalue weighted by molar-refractivity contribution is -0.131. The van der Waals surface area contributed by atoms with E-state index in [-0.39, 0.29) is 30.7 Å². The van der Waals surface area contributed by atoms with Gasteiger partial charge in [-0.05, 0) is 25.7 Å². The van der Waals surface area contributed by atoms with Crippen LogP contribution in [0.2, 0.25) is 0 Å². The smallest absolute Gasteiger partial charge is 0.227 e. The molecule has 0 fully saturated rings. The van der Waals surface area contributed by atoms with Gasteiger partial charge in [-0.3, -0.25) is 4.79 Å². The maximum atomic E-state index is 12.3. The van der Waals surface area contributed by atoms with Crippen LogP contribution < -0.4 is 11.1 Å². The number of nitrogens with two attached hydrogens (primary N) is 1. The largest absolute Gasteiger partial charge is 0.355 e. The minimum absolute atomic E-state index is 0. The van der Waals surface area contributed by atoms with E-state index in [9.17, 15) is 4.79 Å². The van der Waals surface area contributed by atoms with Gasteiger partial charge in [0.25, 0.3) is 0 Å². The molecule has 0 aliphatic carbocycles. The number of hydrogen-bond donors (Lipinski definition) is 2. The molecule has 23 heavy (non-hydrogen) atoms. The quantitative estimate of drug-likeness (QED) is 0.780. The summed E-state index contributed by atoms with van der Waals surface area (Å²) in [4.78, 5) is 17.0. The van der Waals surface area contributed by atoms with Crippen molar-refractivity contribution in [2.24, 2.45) is 11.1 Å². The van der Waals surface area contributed by atoms with Crippen LogP contribution in [-0.4, -0.2) is 28.5 Å². The van der Waals surface area contributed by atoms with Gasteiger partial charge in [0, 0.05) is 38.7 Å². The Kier molecular flexibility index (Phi) is 9.82. The molecule has 0 saturated carbocycles. The second-order valence-corrected chi connectivity index (χ2v) is 6.00.